The average Bonchev–Trinajstić information content (AvgIpc) is 2.30. The molecule has 0 saturated carbocycles. The predicted molar refractivity (Wildman–Crippen MR) is 71.1 cm³/mol. The molecule has 0 aliphatic heterocycles. The summed E-state index contributed by atoms with van der Waals surface area (Å²) < 4.78 is 0. The van der Waals surface area contributed by atoms with Crippen molar-refractivity contribution in [2.24, 2.45) is 0 Å². The zero-order valence-corrected chi connectivity index (χ0v) is 10.1. The van der Waals surface area contributed by atoms with Crippen molar-refractivity contribution < 1.29 is 0 Å². The maximum atomic E-state index is 8.93. The first-order valence-corrected chi connectivity index (χ1v) is 4.46. The Hall–Kier alpha value is -1.49. The molecule has 0 heterocycles. The van der Waals surface area contributed by atoms with Crippen LogP contribution in [0.5, 0.6) is 0 Å². The highest BCUT2D eigenvalue weighted by atomic mass is 35.5. The first-order valence-electron chi connectivity index (χ1n) is 4.46. The summed E-state index contributed by atoms with van der Waals surface area (Å²) in [6, 6.07) is 19.8. The molecular formula is C13H11Cl2N. The Bertz CT molecular complexity index is 475. The SMILES string of the molecule is Cl.Cl.N#Cc1ccccc1-c1ccccc1. The van der Waals surface area contributed by atoms with Gasteiger partial charge in [-0.3, -0.25) is 0 Å². The van der Waals surface area contributed by atoms with Crippen molar-refractivity contribution in [2.75, 3.05) is 0 Å². The lowest BCUT2D eigenvalue weighted by molar-refractivity contribution is 1.48. The molecule has 0 fully saturated rings. The van der Waals surface area contributed by atoms with Crippen molar-refractivity contribution in [2.45, 2.75) is 0 Å². The third kappa shape index (κ3) is 3.00. The van der Waals surface area contributed by atoms with E-state index in [1.807, 2.05) is 54.6 Å². The number of nitrogens with zero attached hydrogens (tertiary/aromatic N) is 1. The summed E-state index contributed by atoms with van der Waals surface area (Å²) in [6.45, 7) is 0. The molecule has 0 aliphatic rings. The molecular weight excluding hydrogens is 241 g/mol. The van der Waals surface area contributed by atoms with Crippen molar-refractivity contribution in [3.8, 4) is 17.2 Å². The predicted octanol–water partition coefficient (Wildman–Crippen LogP) is 4.07. The highest BCUT2D eigenvalue weighted by Gasteiger charge is 2.01. The van der Waals surface area contributed by atoms with E-state index in [0.717, 1.165) is 16.7 Å². The molecule has 0 N–H and O–H groups in total. The van der Waals surface area contributed by atoms with Crippen LogP contribution >= 0.6 is 24.8 Å². The van der Waals surface area contributed by atoms with E-state index in [1.54, 1.807) is 0 Å². The molecule has 82 valence electrons. The summed E-state index contributed by atoms with van der Waals surface area (Å²) in [4.78, 5) is 0. The van der Waals surface area contributed by atoms with Crippen LogP contribution in [-0.2, 0) is 0 Å². The van der Waals surface area contributed by atoms with E-state index in [4.69, 9.17) is 5.26 Å². The molecule has 2 aromatic rings. The van der Waals surface area contributed by atoms with Gasteiger partial charge >= 0.3 is 0 Å². The van der Waals surface area contributed by atoms with E-state index in [9.17, 15) is 0 Å². The Morgan fingerprint density at radius 3 is 1.94 bits per heavy atom. The fourth-order valence-electron chi connectivity index (χ4n) is 1.45. The van der Waals surface area contributed by atoms with Gasteiger partial charge in [-0.25, -0.2) is 0 Å². The van der Waals surface area contributed by atoms with Crippen LogP contribution < -0.4 is 0 Å². The van der Waals surface area contributed by atoms with Crippen molar-refractivity contribution >= 4 is 24.8 Å². The molecule has 0 aliphatic carbocycles. The third-order valence-corrected chi connectivity index (χ3v) is 2.13. The largest absolute Gasteiger partial charge is 0.192 e. The fraction of sp³-hybridized carbons (Fsp3) is 0. The highest BCUT2D eigenvalue weighted by Crippen LogP contribution is 2.22. The number of rotatable bonds is 1. The lowest BCUT2D eigenvalue weighted by atomic mass is 10.0. The molecule has 0 aromatic heterocycles. The first-order chi connectivity index (χ1) is 6.92. The Balaban J connectivity index is 0.00000112. The average molecular weight is 252 g/mol. The normalized spacial score (nSPS) is 8.19. The summed E-state index contributed by atoms with van der Waals surface area (Å²) in [5.41, 5.74) is 2.80. The van der Waals surface area contributed by atoms with Gasteiger partial charge in [-0.05, 0) is 17.2 Å². The summed E-state index contributed by atoms with van der Waals surface area (Å²) in [7, 11) is 0. The van der Waals surface area contributed by atoms with Crippen LogP contribution in [0.1, 0.15) is 5.56 Å². The summed E-state index contributed by atoms with van der Waals surface area (Å²) in [6.07, 6.45) is 0. The van der Waals surface area contributed by atoms with Gasteiger partial charge in [0, 0.05) is 0 Å². The smallest absolute Gasteiger partial charge is 0.0998 e. The van der Waals surface area contributed by atoms with Gasteiger partial charge in [-0.1, -0.05) is 48.5 Å². The highest BCUT2D eigenvalue weighted by molar-refractivity contribution is 5.85. The summed E-state index contributed by atoms with van der Waals surface area (Å²) in [5, 5.41) is 8.93. The van der Waals surface area contributed by atoms with Crippen LogP contribution in [0.25, 0.3) is 11.1 Å². The van der Waals surface area contributed by atoms with Gasteiger partial charge in [-0.15, -0.1) is 24.8 Å². The van der Waals surface area contributed by atoms with Crippen LogP contribution in [0, 0.1) is 11.3 Å². The summed E-state index contributed by atoms with van der Waals surface area (Å²) >= 11 is 0. The van der Waals surface area contributed by atoms with Crippen LogP contribution in [0.2, 0.25) is 0 Å². The number of hydrogen-bond donors (Lipinski definition) is 0. The van der Waals surface area contributed by atoms with Crippen LogP contribution in [0.3, 0.4) is 0 Å². The Morgan fingerprint density at radius 1 is 0.750 bits per heavy atom. The molecule has 0 atom stereocenters. The second-order valence-corrected chi connectivity index (χ2v) is 3.02. The molecule has 2 rings (SSSR count). The fourth-order valence-corrected chi connectivity index (χ4v) is 1.45. The van der Waals surface area contributed by atoms with Gasteiger partial charge in [0.05, 0.1) is 11.6 Å². The van der Waals surface area contributed by atoms with E-state index in [0.29, 0.717) is 0 Å². The maximum absolute atomic E-state index is 8.93. The van der Waals surface area contributed by atoms with Crippen molar-refractivity contribution in [3.63, 3.8) is 0 Å². The number of nitriles is 1. The molecule has 0 radical (unpaired) electrons. The van der Waals surface area contributed by atoms with Crippen LogP contribution in [-0.4, -0.2) is 0 Å². The molecule has 0 saturated heterocycles. The Labute approximate surface area is 108 Å². The van der Waals surface area contributed by atoms with E-state index in [-0.39, 0.29) is 24.8 Å². The molecule has 0 amide bonds. The minimum absolute atomic E-state index is 0. The van der Waals surface area contributed by atoms with E-state index in [1.165, 1.54) is 0 Å². The lowest BCUT2D eigenvalue weighted by Crippen LogP contribution is -1.82. The second-order valence-electron chi connectivity index (χ2n) is 3.02. The van der Waals surface area contributed by atoms with Gasteiger partial charge < -0.3 is 0 Å². The zero-order valence-electron chi connectivity index (χ0n) is 8.46. The number of hydrogen-bond acceptors (Lipinski definition) is 1. The monoisotopic (exact) mass is 251 g/mol. The van der Waals surface area contributed by atoms with Gasteiger partial charge in [0.25, 0.3) is 0 Å². The van der Waals surface area contributed by atoms with Gasteiger partial charge in [0.2, 0.25) is 0 Å². The molecule has 3 heteroatoms. The summed E-state index contributed by atoms with van der Waals surface area (Å²) in [5.74, 6) is 0. The Kier molecular flexibility index (Phi) is 6.25. The molecule has 16 heavy (non-hydrogen) atoms. The first kappa shape index (κ1) is 14.5. The third-order valence-electron chi connectivity index (χ3n) is 2.13. The van der Waals surface area contributed by atoms with Crippen molar-refractivity contribution in [1.29, 1.82) is 5.26 Å². The second kappa shape index (κ2) is 6.90. The van der Waals surface area contributed by atoms with Crippen LogP contribution in [0.4, 0.5) is 0 Å². The molecule has 0 bridgehead atoms. The maximum Gasteiger partial charge on any atom is 0.0998 e. The van der Waals surface area contributed by atoms with Crippen LogP contribution in [0.15, 0.2) is 54.6 Å². The van der Waals surface area contributed by atoms with Crippen molar-refractivity contribution in [3.05, 3.63) is 60.2 Å². The zero-order chi connectivity index (χ0) is 9.80. The van der Waals surface area contributed by atoms with Gasteiger partial charge in [0.15, 0.2) is 0 Å². The molecule has 0 unspecified atom stereocenters. The minimum Gasteiger partial charge on any atom is -0.192 e. The van der Waals surface area contributed by atoms with E-state index < -0.39 is 0 Å². The number of halogens is 2. The van der Waals surface area contributed by atoms with Gasteiger partial charge in [-0.2, -0.15) is 5.26 Å². The van der Waals surface area contributed by atoms with E-state index in [2.05, 4.69) is 6.07 Å². The van der Waals surface area contributed by atoms with E-state index >= 15 is 0 Å². The van der Waals surface area contributed by atoms with Crippen molar-refractivity contribution in [1.82, 2.24) is 0 Å². The quantitative estimate of drug-likeness (QED) is 0.750. The van der Waals surface area contributed by atoms with Gasteiger partial charge in [0.1, 0.15) is 0 Å². The molecule has 2 aromatic carbocycles. The molecule has 0 spiro atoms. The number of benzene rings is 2. The standard InChI is InChI=1S/C13H9N.2ClH/c14-10-12-8-4-5-9-13(12)11-6-2-1-3-7-11;;/h1-9H;2*1H. The minimum atomic E-state index is 0. The molecule has 1 nitrogen and oxygen atoms in total. The lowest BCUT2D eigenvalue weighted by Gasteiger charge is -2.02. The topological polar surface area (TPSA) is 23.8 Å². The Morgan fingerprint density at radius 2 is 1.31 bits per heavy atom.